The molecule has 1 aromatic rings. The van der Waals surface area contributed by atoms with E-state index in [0.29, 0.717) is 18.5 Å². The van der Waals surface area contributed by atoms with Crippen molar-refractivity contribution in [3.05, 3.63) is 29.6 Å². The normalized spacial score (nSPS) is 27.4. The molecule has 1 aromatic carbocycles. The zero-order valence-electron chi connectivity index (χ0n) is 12.2. The highest BCUT2D eigenvalue weighted by atomic mass is 19.1. The SMILES string of the molecule is CN1CCCC2CN(c3c(F)cccc3CN)CCC21. The molecule has 0 aromatic heterocycles. The third-order valence-electron chi connectivity index (χ3n) is 4.95. The van der Waals surface area contributed by atoms with Crippen LogP contribution in [0.3, 0.4) is 0 Å². The van der Waals surface area contributed by atoms with E-state index < -0.39 is 0 Å². The van der Waals surface area contributed by atoms with Crippen molar-refractivity contribution in [1.29, 1.82) is 0 Å². The van der Waals surface area contributed by atoms with Crippen LogP contribution in [0.1, 0.15) is 24.8 Å². The van der Waals surface area contributed by atoms with E-state index in [1.807, 2.05) is 6.07 Å². The lowest BCUT2D eigenvalue weighted by Crippen LogP contribution is -2.53. The van der Waals surface area contributed by atoms with Gasteiger partial charge in [0, 0.05) is 25.7 Å². The summed E-state index contributed by atoms with van der Waals surface area (Å²) >= 11 is 0. The maximum atomic E-state index is 14.2. The lowest BCUT2D eigenvalue weighted by atomic mass is 9.84. The molecule has 3 rings (SSSR count). The Kier molecular flexibility index (Phi) is 3.94. The number of nitrogens with two attached hydrogens (primary N) is 1. The third kappa shape index (κ3) is 2.42. The van der Waals surface area contributed by atoms with Crippen LogP contribution in [0.15, 0.2) is 18.2 Å². The Balaban J connectivity index is 1.83. The fourth-order valence-corrected chi connectivity index (χ4v) is 3.93. The molecule has 2 aliphatic rings. The van der Waals surface area contributed by atoms with Crippen molar-refractivity contribution in [3.8, 4) is 0 Å². The number of halogens is 1. The van der Waals surface area contributed by atoms with Crippen molar-refractivity contribution in [2.45, 2.75) is 31.8 Å². The number of nitrogens with zero attached hydrogens (tertiary/aromatic N) is 2. The van der Waals surface area contributed by atoms with E-state index in [1.54, 1.807) is 12.1 Å². The molecule has 2 saturated heterocycles. The molecule has 2 unspecified atom stereocenters. The summed E-state index contributed by atoms with van der Waals surface area (Å²) in [6.45, 7) is 3.49. The molecule has 110 valence electrons. The van der Waals surface area contributed by atoms with Gasteiger partial charge in [0.05, 0.1) is 5.69 Å². The number of fused-ring (bicyclic) bond motifs is 1. The fourth-order valence-electron chi connectivity index (χ4n) is 3.93. The Labute approximate surface area is 120 Å². The van der Waals surface area contributed by atoms with E-state index in [9.17, 15) is 4.39 Å². The maximum Gasteiger partial charge on any atom is 0.146 e. The number of rotatable bonds is 2. The Morgan fingerprint density at radius 2 is 2.15 bits per heavy atom. The Hall–Kier alpha value is -1.13. The summed E-state index contributed by atoms with van der Waals surface area (Å²) in [5.74, 6) is 0.531. The van der Waals surface area contributed by atoms with Gasteiger partial charge in [-0.1, -0.05) is 12.1 Å². The molecule has 20 heavy (non-hydrogen) atoms. The van der Waals surface area contributed by atoms with Gasteiger partial charge < -0.3 is 15.5 Å². The first-order valence-electron chi connectivity index (χ1n) is 7.63. The first-order valence-corrected chi connectivity index (χ1v) is 7.63. The van der Waals surface area contributed by atoms with Gasteiger partial charge in [-0.25, -0.2) is 4.39 Å². The van der Waals surface area contributed by atoms with Crippen molar-refractivity contribution in [2.75, 3.05) is 31.6 Å². The highest BCUT2D eigenvalue weighted by Crippen LogP contribution is 2.34. The van der Waals surface area contributed by atoms with Gasteiger partial charge in [0.1, 0.15) is 5.82 Å². The standard InChI is InChI=1S/C16H24FN3/c1-19-8-3-5-13-11-20(9-7-15(13)19)16-12(10-18)4-2-6-14(16)17/h2,4,6,13,15H,3,5,7-11,18H2,1H3. The molecule has 2 N–H and O–H groups in total. The van der Waals surface area contributed by atoms with Gasteiger partial charge in [0.15, 0.2) is 0 Å². The highest BCUT2D eigenvalue weighted by molar-refractivity contribution is 5.55. The van der Waals surface area contributed by atoms with Crippen LogP contribution in [0.25, 0.3) is 0 Å². The van der Waals surface area contributed by atoms with E-state index in [1.165, 1.54) is 19.4 Å². The van der Waals surface area contributed by atoms with Crippen LogP contribution in [-0.4, -0.2) is 37.6 Å². The molecule has 0 spiro atoms. The van der Waals surface area contributed by atoms with Crippen LogP contribution in [0, 0.1) is 11.7 Å². The Morgan fingerprint density at radius 1 is 1.30 bits per heavy atom. The minimum Gasteiger partial charge on any atom is -0.369 e. The second-order valence-electron chi connectivity index (χ2n) is 6.14. The predicted molar refractivity (Wildman–Crippen MR) is 80.3 cm³/mol. The summed E-state index contributed by atoms with van der Waals surface area (Å²) in [5.41, 5.74) is 7.44. The highest BCUT2D eigenvalue weighted by Gasteiger charge is 2.35. The van der Waals surface area contributed by atoms with Gasteiger partial charge in [-0.3, -0.25) is 0 Å². The van der Waals surface area contributed by atoms with Crippen LogP contribution in [-0.2, 0) is 6.54 Å². The van der Waals surface area contributed by atoms with Crippen molar-refractivity contribution in [2.24, 2.45) is 11.7 Å². The van der Waals surface area contributed by atoms with Crippen LogP contribution in [0.5, 0.6) is 0 Å². The second-order valence-corrected chi connectivity index (χ2v) is 6.14. The van der Waals surface area contributed by atoms with E-state index >= 15 is 0 Å². The molecular formula is C16H24FN3. The summed E-state index contributed by atoms with van der Waals surface area (Å²) in [6.07, 6.45) is 3.64. The van der Waals surface area contributed by atoms with Crippen molar-refractivity contribution in [3.63, 3.8) is 0 Å². The first kappa shape index (κ1) is 13.8. The minimum atomic E-state index is -0.129. The number of hydrogen-bond donors (Lipinski definition) is 1. The lowest BCUT2D eigenvalue weighted by molar-refractivity contribution is 0.102. The molecular weight excluding hydrogens is 253 g/mol. The number of benzene rings is 1. The van der Waals surface area contributed by atoms with E-state index in [4.69, 9.17) is 5.73 Å². The van der Waals surface area contributed by atoms with Crippen LogP contribution in [0.4, 0.5) is 10.1 Å². The van der Waals surface area contributed by atoms with E-state index in [-0.39, 0.29) is 5.82 Å². The summed E-state index contributed by atoms with van der Waals surface area (Å²) in [6, 6.07) is 5.92. The molecule has 2 fully saturated rings. The first-order chi connectivity index (χ1) is 9.70. The number of para-hydroxylation sites is 1. The summed E-state index contributed by atoms with van der Waals surface area (Å²) in [4.78, 5) is 4.70. The average molecular weight is 277 g/mol. The molecule has 0 bridgehead atoms. The Morgan fingerprint density at radius 3 is 2.95 bits per heavy atom. The van der Waals surface area contributed by atoms with Gasteiger partial charge in [-0.2, -0.15) is 0 Å². The molecule has 0 saturated carbocycles. The molecule has 2 aliphatic heterocycles. The molecule has 4 heteroatoms. The van der Waals surface area contributed by atoms with Gasteiger partial charge in [-0.15, -0.1) is 0 Å². The van der Waals surface area contributed by atoms with Crippen molar-refractivity contribution in [1.82, 2.24) is 4.90 Å². The quantitative estimate of drug-likeness (QED) is 0.899. The second kappa shape index (κ2) is 5.70. The van der Waals surface area contributed by atoms with Gasteiger partial charge in [0.2, 0.25) is 0 Å². The van der Waals surface area contributed by atoms with E-state index in [0.717, 1.165) is 30.8 Å². The zero-order chi connectivity index (χ0) is 14.1. The number of anilines is 1. The number of piperidine rings is 2. The largest absolute Gasteiger partial charge is 0.369 e. The molecule has 0 amide bonds. The van der Waals surface area contributed by atoms with Crippen LogP contribution in [0.2, 0.25) is 0 Å². The molecule has 0 radical (unpaired) electrons. The fraction of sp³-hybridized carbons (Fsp3) is 0.625. The predicted octanol–water partition coefficient (Wildman–Crippen LogP) is 2.20. The lowest BCUT2D eigenvalue weighted by Gasteiger charge is -2.47. The van der Waals surface area contributed by atoms with Gasteiger partial charge >= 0.3 is 0 Å². The van der Waals surface area contributed by atoms with Gasteiger partial charge in [0.25, 0.3) is 0 Å². The van der Waals surface area contributed by atoms with Crippen LogP contribution < -0.4 is 10.6 Å². The summed E-state index contributed by atoms with van der Waals surface area (Å²) in [7, 11) is 2.22. The molecule has 2 atom stereocenters. The minimum absolute atomic E-state index is 0.129. The van der Waals surface area contributed by atoms with Crippen LogP contribution >= 0.6 is 0 Å². The zero-order valence-corrected chi connectivity index (χ0v) is 12.2. The molecule has 2 heterocycles. The number of hydrogen-bond acceptors (Lipinski definition) is 3. The van der Waals surface area contributed by atoms with E-state index in [2.05, 4.69) is 16.8 Å². The summed E-state index contributed by atoms with van der Waals surface area (Å²) in [5, 5.41) is 0. The van der Waals surface area contributed by atoms with Gasteiger partial charge in [-0.05, 0) is 50.4 Å². The van der Waals surface area contributed by atoms with Crippen molar-refractivity contribution >= 4 is 5.69 Å². The Bertz CT molecular complexity index is 477. The number of likely N-dealkylation sites (tertiary alicyclic amines) is 1. The summed E-state index contributed by atoms with van der Waals surface area (Å²) < 4.78 is 14.2. The third-order valence-corrected chi connectivity index (χ3v) is 4.95. The average Bonchev–Trinajstić information content (AvgIpc) is 2.47. The monoisotopic (exact) mass is 277 g/mol. The van der Waals surface area contributed by atoms with Crippen molar-refractivity contribution < 1.29 is 4.39 Å². The molecule has 3 nitrogen and oxygen atoms in total. The maximum absolute atomic E-state index is 14.2. The molecule has 0 aliphatic carbocycles. The smallest absolute Gasteiger partial charge is 0.146 e. The topological polar surface area (TPSA) is 32.5 Å².